The molecule has 2 rings (SSSR count). The van der Waals surface area contributed by atoms with E-state index in [0.29, 0.717) is 5.75 Å². The van der Waals surface area contributed by atoms with Gasteiger partial charge in [0.15, 0.2) is 5.78 Å². The number of Topliss-reactive ketones (excluding diaryl/α,β-unsaturated/α-hetero) is 1. The molecule has 0 N–H and O–H groups in total. The van der Waals surface area contributed by atoms with E-state index in [1.807, 2.05) is 36.4 Å². The van der Waals surface area contributed by atoms with Gasteiger partial charge in [0.1, 0.15) is 0 Å². The molecular weight excluding hydrogens is 300 g/mol. The highest BCUT2D eigenvalue weighted by Gasteiger charge is 2.07. The molecule has 2 nitrogen and oxygen atoms in total. The van der Waals surface area contributed by atoms with E-state index in [1.54, 1.807) is 12.5 Å². The first-order valence-electron chi connectivity index (χ1n) is 5.03. The molecular formula is C13H10BrO2S+. The molecule has 17 heavy (non-hydrogen) atoms. The van der Waals surface area contributed by atoms with Crippen LogP contribution in [0.1, 0.15) is 10.4 Å². The molecule has 0 spiro atoms. The van der Waals surface area contributed by atoms with Crippen LogP contribution in [-0.4, -0.2) is 11.5 Å². The first-order chi connectivity index (χ1) is 8.25. The van der Waals surface area contributed by atoms with Gasteiger partial charge in [0, 0.05) is 27.1 Å². The van der Waals surface area contributed by atoms with Crippen LogP contribution in [0.5, 0.6) is 0 Å². The second-order valence-corrected chi connectivity index (χ2v) is 5.33. The summed E-state index contributed by atoms with van der Waals surface area (Å²) in [6.07, 6.45) is 3.21. The lowest BCUT2D eigenvalue weighted by Crippen LogP contribution is -2.01. The molecule has 86 valence electrons. The number of ketones is 1. The Labute approximate surface area is 112 Å². The monoisotopic (exact) mass is 309 g/mol. The first-order valence-corrected chi connectivity index (χ1v) is 6.80. The van der Waals surface area contributed by atoms with Crippen molar-refractivity contribution in [3.05, 3.63) is 59.0 Å². The maximum Gasteiger partial charge on any atom is 0.319 e. The number of hydrogen-bond donors (Lipinski definition) is 0. The highest BCUT2D eigenvalue weighted by Crippen LogP contribution is 2.19. The van der Waals surface area contributed by atoms with Gasteiger partial charge in [-0.25, -0.2) is 4.42 Å². The Morgan fingerprint density at radius 2 is 1.76 bits per heavy atom. The van der Waals surface area contributed by atoms with Gasteiger partial charge in [-0.3, -0.25) is 4.79 Å². The van der Waals surface area contributed by atoms with E-state index in [2.05, 4.69) is 15.9 Å². The summed E-state index contributed by atoms with van der Waals surface area (Å²) in [6.45, 7) is 0. The third-order valence-electron chi connectivity index (χ3n) is 2.16. The van der Waals surface area contributed by atoms with E-state index in [9.17, 15) is 4.79 Å². The lowest BCUT2D eigenvalue weighted by Gasteiger charge is -2.00. The summed E-state index contributed by atoms with van der Waals surface area (Å²) in [5.41, 5.74) is 0.737. The summed E-state index contributed by atoms with van der Waals surface area (Å²) in [4.78, 5) is 12.9. The summed E-state index contributed by atoms with van der Waals surface area (Å²) >= 11 is 4.85. The van der Waals surface area contributed by atoms with Crippen LogP contribution < -0.4 is 0 Å². The normalized spacial score (nSPS) is 10.2. The first kappa shape index (κ1) is 12.3. The fraction of sp³-hybridized carbons (Fsp3) is 0.0769. The van der Waals surface area contributed by atoms with Crippen LogP contribution in [0.4, 0.5) is 0 Å². The highest BCUT2D eigenvalue weighted by atomic mass is 79.9. The third kappa shape index (κ3) is 3.68. The molecule has 0 saturated carbocycles. The Balaban J connectivity index is 1.96. The number of carbonyl (C=O) groups is 1. The van der Waals surface area contributed by atoms with E-state index in [4.69, 9.17) is 4.42 Å². The third-order valence-corrected chi connectivity index (χ3v) is 3.70. The average molecular weight is 310 g/mol. The van der Waals surface area contributed by atoms with Crippen molar-refractivity contribution in [3.8, 4) is 0 Å². The molecule has 1 aromatic carbocycles. The minimum absolute atomic E-state index is 0.128. The number of benzene rings is 1. The van der Waals surface area contributed by atoms with E-state index >= 15 is 0 Å². The standard InChI is InChI=1S/C13H10BrO2S/c14-11-3-1-10(2-4-11)13(15)9-17-12-5-7-16-8-6-12/h1-8H,9H2/q+1. The molecule has 0 radical (unpaired) electrons. The quantitative estimate of drug-likeness (QED) is 0.479. The van der Waals surface area contributed by atoms with Crippen molar-refractivity contribution < 1.29 is 9.21 Å². The molecule has 0 atom stereocenters. The van der Waals surface area contributed by atoms with Gasteiger partial charge >= 0.3 is 12.5 Å². The van der Waals surface area contributed by atoms with Gasteiger partial charge in [-0.2, -0.15) is 0 Å². The topological polar surface area (TPSA) is 28.4 Å². The molecule has 0 bridgehead atoms. The van der Waals surface area contributed by atoms with E-state index < -0.39 is 0 Å². The highest BCUT2D eigenvalue weighted by molar-refractivity contribution is 9.10. The molecule has 0 saturated heterocycles. The molecule has 2 aromatic rings. The van der Waals surface area contributed by atoms with Crippen LogP contribution in [0.25, 0.3) is 0 Å². The molecule has 0 aliphatic carbocycles. The van der Waals surface area contributed by atoms with Gasteiger partial charge in [-0.15, -0.1) is 11.8 Å². The predicted octanol–water partition coefficient (Wildman–Crippen LogP) is 4.30. The molecule has 0 amide bonds. The maximum absolute atomic E-state index is 11.9. The Bertz CT molecular complexity index is 497. The number of rotatable bonds is 4. The summed E-state index contributed by atoms with van der Waals surface area (Å²) in [6, 6.07) is 11.1. The lowest BCUT2D eigenvalue weighted by atomic mass is 10.2. The van der Waals surface area contributed by atoms with Gasteiger partial charge in [0.05, 0.1) is 5.75 Å². The Morgan fingerprint density at radius 1 is 1.12 bits per heavy atom. The Hall–Kier alpha value is -1.13. The molecule has 0 aliphatic rings. The van der Waals surface area contributed by atoms with Gasteiger partial charge in [-0.1, -0.05) is 28.1 Å². The molecule has 1 aromatic heterocycles. The zero-order valence-corrected chi connectivity index (χ0v) is 11.3. The van der Waals surface area contributed by atoms with Gasteiger partial charge in [-0.05, 0) is 12.1 Å². The summed E-state index contributed by atoms with van der Waals surface area (Å²) in [5, 5.41) is 0. The van der Waals surface area contributed by atoms with Crippen molar-refractivity contribution in [2.24, 2.45) is 0 Å². The molecule has 0 aliphatic heterocycles. The number of carbonyl (C=O) groups excluding carboxylic acids is 1. The van der Waals surface area contributed by atoms with Crippen molar-refractivity contribution >= 4 is 33.5 Å². The SMILES string of the molecule is O=C(CSc1cc[o+]cc1)c1ccc(Br)cc1. The number of thioether (sulfide) groups is 1. The van der Waals surface area contributed by atoms with Crippen molar-refractivity contribution in [1.82, 2.24) is 0 Å². The van der Waals surface area contributed by atoms with Gasteiger partial charge < -0.3 is 0 Å². The van der Waals surface area contributed by atoms with Gasteiger partial charge in [0.2, 0.25) is 0 Å². The fourth-order valence-electron chi connectivity index (χ4n) is 1.28. The predicted molar refractivity (Wildman–Crippen MR) is 72.3 cm³/mol. The van der Waals surface area contributed by atoms with Crippen LogP contribution in [-0.2, 0) is 0 Å². The molecule has 0 fully saturated rings. The van der Waals surface area contributed by atoms with Crippen LogP contribution in [0.3, 0.4) is 0 Å². The smallest absolute Gasteiger partial charge is 0.293 e. The summed E-state index contributed by atoms with van der Waals surface area (Å²) in [7, 11) is 0. The average Bonchev–Trinajstić information content (AvgIpc) is 2.38. The van der Waals surface area contributed by atoms with Crippen LogP contribution in [0.2, 0.25) is 0 Å². The summed E-state index contributed by atoms with van der Waals surface area (Å²) < 4.78 is 5.90. The van der Waals surface area contributed by atoms with Crippen molar-refractivity contribution in [1.29, 1.82) is 0 Å². The van der Waals surface area contributed by atoms with E-state index in [0.717, 1.165) is 14.9 Å². The largest absolute Gasteiger partial charge is 0.319 e. The van der Waals surface area contributed by atoms with Crippen molar-refractivity contribution in [3.63, 3.8) is 0 Å². The zero-order chi connectivity index (χ0) is 12.1. The molecule has 4 heteroatoms. The van der Waals surface area contributed by atoms with Crippen LogP contribution in [0.15, 0.2) is 62.7 Å². The van der Waals surface area contributed by atoms with Crippen LogP contribution >= 0.6 is 27.7 Å². The second kappa shape index (κ2) is 5.98. The zero-order valence-electron chi connectivity index (χ0n) is 8.93. The lowest BCUT2D eigenvalue weighted by molar-refractivity contribution is 0.102. The van der Waals surface area contributed by atoms with Crippen molar-refractivity contribution in [2.75, 3.05) is 5.75 Å². The number of hydrogen-bond acceptors (Lipinski definition) is 2. The van der Waals surface area contributed by atoms with Crippen molar-refractivity contribution in [2.45, 2.75) is 4.90 Å². The van der Waals surface area contributed by atoms with E-state index in [1.165, 1.54) is 11.8 Å². The minimum Gasteiger partial charge on any atom is -0.293 e. The van der Waals surface area contributed by atoms with E-state index in [-0.39, 0.29) is 5.78 Å². The molecule has 0 unspecified atom stereocenters. The minimum atomic E-state index is 0.128. The molecule has 1 heterocycles. The summed E-state index contributed by atoms with van der Waals surface area (Å²) in [5.74, 6) is 0.564. The number of halogens is 1. The second-order valence-electron chi connectivity index (χ2n) is 3.36. The van der Waals surface area contributed by atoms with Crippen LogP contribution in [0, 0.1) is 0 Å². The Kier molecular flexibility index (Phi) is 4.34. The van der Waals surface area contributed by atoms with Gasteiger partial charge in [0.25, 0.3) is 0 Å². The maximum atomic E-state index is 11.9. The fourth-order valence-corrected chi connectivity index (χ4v) is 2.31. The Morgan fingerprint density at radius 3 is 2.41 bits per heavy atom.